The number of benzene rings is 1. The quantitative estimate of drug-likeness (QED) is 0.754. The van der Waals surface area contributed by atoms with Crippen molar-refractivity contribution in [2.24, 2.45) is 0 Å². The molecular formula is C15H10N4. The third-order valence-electron chi connectivity index (χ3n) is 2.76. The van der Waals surface area contributed by atoms with Gasteiger partial charge >= 0.3 is 0 Å². The first kappa shape index (κ1) is 11.2. The van der Waals surface area contributed by atoms with Gasteiger partial charge in [0.25, 0.3) is 0 Å². The summed E-state index contributed by atoms with van der Waals surface area (Å²) in [6, 6.07) is 15.3. The Morgan fingerprint density at radius 3 is 2.84 bits per heavy atom. The Morgan fingerprint density at radius 1 is 1.00 bits per heavy atom. The van der Waals surface area contributed by atoms with Crippen molar-refractivity contribution >= 4 is 22.4 Å². The fraction of sp³-hybridized carbons (Fsp3) is 0. The van der Waals surface area contributed by atoms with E-state index in [4.69, 9.17) is 5.26 Å². The average molecular weight is 246 g/mol. The van der Waals surface area contributed by atoms with E-state index < -0.39 is 0 Å². The van der Waals surface area contributed by atoms with Gasteiger partial charge in [0.05, 0.1) is 17.1 Å². The maximum Gasteiger partial charge on any atom is 0.131 e. The van der Waals surface area contributed by atoms with E-state index in [9.17, 15) is 0 Å². The lowest BCUT2D eigenvalue weighted by Gasteiger charge is -2.06. The maximum absolute atomic E-state index is 8.86. The van der Waals surface area contributed by atoms with Gasteiger partial charge in [-0.2, -0.15) is 5.26 Å². The lowest BCUT2D eigenvalue weighted by Crippen LogP contribution is -1.94. The van der Waals surface area contributed by atoms with Gasteiger partial charge in [0.2, 0.25) is 0 Å². The van der Waals surface area contributed by atoms with Crippen molar-refractivity contribution < 1.29 is 0 Å². The van der Waals surface area contributed by atoms with Crippen molar-refractivity contribution in [1.29, 1.82) is 5.26 Å². The van der Waals surface area contributed by atoms with E-state index in [0.717, 1.165) is 16.6 Å². The van der Waals surface area contributed by atoms with Crippen molar-refractivity contribution in [3.63, 3.8) is 0 Å². The van der Waals surface area contributed by atoms with Gasteiger partial charge < -0.3 is 5.32 Å². The normalized spacial score (nSPS) is 10.1. The van der Waals surface area contributed by atoms with E-state index >= 15 is 0 Å². The first-order valence-corrected chi connectivity index (χ1v) is 5.83. The van der Waals surface area contributed by atoms with E-state index in [1.807, 2.05) is 30.3 Å². The summed E-state index contributed by atoms with van der Waals surface area (Å²) in [5.74, 6) is 0.655. The molecule has 2 heterocycles. The maximum atomic E-state index is 8.86. The van der Waals surface area contributed by atoms with Gasteiger partial charge in [0.15, 0.2) is 0 Å². The second-order valence-electron chi connectivity index (χ2n) is 4.08. The van der Waals surface area contributed by atoms with Crippen LogP contribution in [0.15, 0.2) is 54.9 Å². The molecule has 3 rings (SSSR count). The first-order valence-electron chi connectivity index (χ1n) is 5.83. The molecule has 0 aliphatic carbocycles. The molecule has 0 saturated carbocycles. The Balaban J connectivity index is 1.94. The summed E-state index contributed by atoms with van der Waals surface area (Å²) in [6.45, 7) is 0. The van der Waals surface area contributed by atoms with Gasteiger partial charge in [-0.25, -0.2) is 4.98 Å². The lowest BCUT2D eigenvalue weighted by molar-refractivity contribution is 1.29. The third kappa shape index (κ3) is 2.35. The largest absolute Gasteiger partial charge is 0.340 e. The Morgan fingerprint density at radius 2 is 1.95 bits per heavy atom. The highest BCUT2D eigenvalue weighted by atomic mass is 15.0. The summed E-state index contributed by atoms with van der Waals surface area (Å²) in [5, 5.41) is 13.1. The fourth-order valence-electron chi connectivity index (χ4n) is 1.87. The number of rotatable bonds is 2. The molecule has 0 aliphatic rings. The Kier molecular flexibility index (Phi) is 2.79. The van der Waals surface area contributed by atoms with Gasteiger partial charge in [-0.3, -0.25) is 4.98 Å². The van der Waals surface area contributed by atoms with Crippen molar-refractivity contribution in [2.45, 2.75) is 0 Å². The molecule has 19 heavy (non-hydrogen) atoms. The summed E-state index contributed by atoms with van der Waals surface area (Å²) in [4.78, 5) is 8.46. The second kappa shape index (κ2) is 4.75. The molecule has 0 aliphatic heterocycles. The van der Waals surface area contributed by atoms with Crippen LogP contribution < -0.4 is 5.32 Å². The van der Waals surface area contributed by atoms with Crippen molar-refractivity contribution in [2.75, 3.05) is 5.32 Å². The molecule has 0 spiro atoms. The number of pyridine rings is 2. The highest BCUT2D eigenvalue weighted by molar-refractivity contribution is 5.83. The van der Waals surface area contributed by atoms with Gasteiger partial charge in [-0.15, -0.1) is 0 Å². The number of nitriles is 1. The Bertz CT molecular complexity index is 774. The number of anilines is 2. The van der Waals surface area contributed by atoms with Crippen LogP contribution in [0.5, 0.6) is 0 Å². The zero-order valence-electron chi connectivity index (χ0n) is 10.0. The SMILES string of the molecule is N#Cc1ccnc(Nc2ccc3ncccc3c2)c1. The van der Waals surface area contributed by atoms with Crippen molar-refractivity contribution in [3.05, 3.63) is 60.4 Å². The summed E-state index contributed by atoms with van der Waals surface area (Å²) in [6.07, 6.45) is 3.39. The monoisotopic (exact) mass is 246 g/mol. The number of hydrogen-bond donors (Lipinski definition) is 1. The van der Waals surface area contributed by atoms with Gasteiger partial charge in [-0.05, 0) is 36.4 Å². The molecule has 0 radical (unpaired) electrons. The van der Waals surface area contributed by atoms with E-state index in [-0.39, 0.29) is 0 Å². The number of nitrogens with zero attached hydrogens (tertiary/aromatic N) is 3. The average Bonchev–Trinajstić information content (AvgIpc) is 2.47. The molecule has 3 aromatic rings. The Hall–Kier alpha value is -2.93. The predicted octanol–water partition coefficient (Wildman–Crippen LogP) is 3.25. The van der Waals surface area contributed by atoms with Crippen LogP contribution >= 0.6 is 0 Å². The summed E-state index contributed by atoms with van der Waals surface area (Å²) in [7, 11) is 0. The van der Waals surface area contributed by atoms with Crippen LogP contribution in [0.4, 0.5) is 11.5 Å². The molecule has 0 atom stereocenters. The lowest BCUT2D eigenvalue weighted by atomic mass is 10.2. The van der Waals surface area contributed by atoms with E-state index in [2.05, 4.69) is 21.4 Å². The minimum absolute atomic E-state index is 0.583. The molecule has 2 aromatic heterocycles. The van der Waals surface area contributed by atoms with Crippen LogP contribution in [-0.4, -0.2) is 9.97 Å². The minimum Gasteiger partial charge on any atom is -0.340 e. The second-order valence-corrected chi connectivity index (χ2v) is 4.08. The number of nitrogens with one attached hydrogen (secondary N) is 1. The fourth-order valence-corrected chi connectivity index (χ4v) is 1.87. The molecule has 0 bridgehead atoms. The number of aromatic nitrogens is 2. The molecule has 0 amide bonds. The van der Waals surface area contributed by atoms with Crippen LogP contribution in [0.2, 0.25) is 0 Å². The van der Waals surface area contributed by atoms with Crippen molar-refractivity contribution in [3.8, 4) is 6.07 Å². The van der Waals surface area contributed by atoms with Gasteiger partial charge in [-0.1, -0.05) is 6.07 Å². The molecule has 4 nitrogen and oxygen atoms in total. The third-order valence-corrected chi connectivity index (χ3v) is 2.76. The molecule has 0 unspecified atom stereocenters. The smallest absolute Gasteiger partial charge is 0.131 e. The zero-order chi connectivity index (χ0) is 13.1. The topological polar surface area (TPSA) is 61.6 Å². The van der Waals surface area contributed by atoms with Crippen LogP contribution in [0, 0.1) is 11.3 Å². The number of hydrogen-bond acceptors (Lipinski definition) is 4. The molecule has 1 aromatic carbocycles. The summed E-state index contributed by atoms with van der Waals surface area (Å²) < 4.78 is 0. The van der Waals surface area contributed by atoms with E-state index in [1.165, 1.54) is 0 Å². The highest BCUT2D eigenvalue weighted by Crippen LogP contribution is 2.20. The van der Waals surface area contributed by atoms with Crippen LogP contribution in [0.1, 0.15) is 5.56 Å². The molecule has 90 valence electrons. The predicted molar refractivity (Wildman–Crippen MR) is 74.0 cm³/mol. The minimum atomic E-state index is 0.583. The van der Waals surface area contributed by atoms with Crippen LogP contribution in [0.25, 0.3) is 10.9 Å². The van der Waals surface area contributed by atoms with Gasteiger partial charge in [0.1, 0.15) is 5.82 Å². The standard InChI is InChI=1S/C15H10N4/c16-10-11-5-7-18-15(8-11)19-13-3-4-14-12(9-13)2-1-6-17-14/h1-9H,(H,18,19). The van der Waals surface area contributed by atoms with E-state index in [1.54, 1.807) is 24.5 Å². The summed E-state index contributed by atoms with van der Waals surface area (Å²) >= 11 is 0. The molecule has 0 saturated heterocycles. The molecular weight excluding hydrogens is 236 g/mol. The van der Waals surface area contributed by atoms with Gasteiger partial charge in [0, 0.05) is 23.5 Å². The Labute approximate surface area is 110 Å². The first-order chi connectivity index (χ1) is 9.35. The zero-order valence-corrected chi connectivity index (χ0v) is 10.0. The van der Waals surface area contributed by atoms with Crippen molar-refractivity contribution in [1.82, 2.24) is 9.97 Å². The van der Waals surface area contributed by atoms with E-state index in [0.29, 0.717) is 11.4 Å². The number of fused-ring (bicyclic) bond motifs is 1. The van der Waals surface area contributed by atoms with Crippen LogP contribution in [0.3, 0.4) is 0 Å². The molecule has 0 fully saturated rings. The highest BCUT2D eigenvalue weighted by Gasteiger charge is 2.00. The molecule has 1 N–H and O–H groups in total. The molecule has 4 heteroatoms. The van der Waals surface area contributed by atoms with Crippen LogP contribution in [-0.2, 0) is 0 Å². The summed E-state index contributed by atoms with van der Waals surface area (Å²) in [5.41, 5.74) is 2.45.